The van der Waals surface area contributed by atoms with E-state index in [1.165, 1.54) is 0 Å². The van der Waals surface area contributed by atoms with Crippen molar-refractivity contribution in [2.24, 2.45) is 0 Å². The lowest BCUT2D eigenvalue weighted by Gasteiger charge is -2.35. The first kappa shape index (κ1) is 13.3. The van der Waals surface area contributed by atoms with E-state index in [4.69, 9.17) is 0 Å². The number of aliphatic hydroxyl groups is 1. The van der Waals surface area contributed by atoms with Gasteiger partial charge in [-0.05, 0) is 26.0 Å². The van der Waals surface area contributed by atoms with Crippen molar-refractivity contribution >= 4 is 11.5 Å². The van der Waals surface area contributed by atoms with Gasteiger partial charge in [-0.3, -0.25) is 4.90 Å². The number of β-amino-alcohol motifs (C(OH)–C–C–N with tert-alkyl or cyclic N) is 1. The minimum absolute atomic E-state index is 0.268. The van der Waals surface area contributed by atoms with Crippen LogP contribution in [0, 0.1) is 6.92 Å². The second-order valence-corrected chi connectivity index (χ2v) is 5.35. The second kappa shape index (κ2) is 5.34. The van der Waals surface area contributed by atoms with E-state index in [1.54, 1.807) is 4.52 Å². The van der Waals surface area contributed by atoms with Crippen molar-refractivity contribution < 1.29 is 5.11 Å². The van der Waals surface area contributed by atoms with Gasteiger partial charge in [0.2, 0.25) is 0 Å². The van der Waals surface area contributed by atoms with Gasteiger partial charge < -0.3 is 10.0 Å². The van der Waals surface area contributed by atoms with Crippen LogP contribution in [-0.2, 0) is 0 Å². The van der Waals surface area contributed by atoms with Gasteiger partial charge in [0.05, 0.1) is 6.10 Å². The molecule has 1 N–H and O–H groups in total. The lowest BCUT2D eigenvalue weighted by molar-refractivity contribution is 0.122. The van der Waals surface area contributed by atoms with E-state index in [1.807, 2.05) is 26.0 Å². The van der Waals surface area contributed by atoms with Crippen LogP contribution in [0.1, 0.15) is 12.7 Å². The molecule has 1 aliphatic heterocycles. The van der Waals surface area contributed by atoms with Gasteiger partial charge in [-0.2, -0.15) is 4.52 Å². The topological polar surface area (TPSA) is 69.8 Å². The Hall–Kier alpha value is -1.73. The number of rotatable bonds is 3. The van der Waals surface area contributed by atoms with E-state index < -0.39 is 0 Å². The SMILES string of the molecule is Cc1nnc2ccc(N3CCN(C[C@@H](C)O)CC3)nn12. The van der Waals surface area contributed by atoms with Crippen LogP contribution in [0.15, 0.2) is 12.1 Å². The molecule has 0 spiro atoms. The quantitative estimate of drug-likeness (QED) is 0.846. The molecule has 0 saturated carbocycles. The summed E-state index contributed by atoms with van der Waals surface area (Å²) in [6.07, 6.45) is -0.268. The van der Waals surface area contributed by atoms with Gasteiger partial charge in [0.15, 0.2) is 11.5 Å². The maximum atomic E-state index is 9.43. The maximum Gasteiger partial charge on any atom is 0.178 e. The first-order valence-electron chi connectivity index (χ1n) is 6.98. The number of hydrogen-bond donors (Lipinski definition) is 1. The number of piperazine rings is 1. The van der Waals surface area contributed by atoms with Crippen molar-refractivity contribution in [2.75, 3.05) is 37.6 Å². The summed E-state index contributed by atoms with van der Waals surface area (Å²) in [7, 11) is 0. The standard InChI is InChI=1S/C13H20N6O/c1-10(20)9-17-5-7-18(8-6-17)13-4-3-12-15-14-11(2)19(12)16-13/h3-4,10,20H,5-9H2,1-2H3/t10-/m1/s1. The predicted molar refractivity (Wildman–Crippen MR) is 75.9 cm³/mol. The lowest BCUT2D eigenvalue weighted by atomic mass is 10.2. The molecular weight excluding hydrogens is 256 g/mol. The monoisotopic (exact) mass is 276 g/mol. The summed E-state index contributed by atoms with van der Waals surface area (Å²) in [5, 5.41) is 22.1. The molecule has 0 aliphatic carbocycles. The molecule has 2 aromatic heterocycles. The van der Waals surface area contributed by atoms with E-state index in [-0.39, 0.29) is 6.10 Å². The lowest BCUT2D eigenvalue weighted by Crippen LogP contribution is -2.48. The Morgan fingerprint density at radius 3 is 2.65 bits per heavy atom. The van der Waals surface area contributed by atoms with E-state index in [2.05, 4.69) is 25.1 Å². The molecule has 0 unspecified atom stereocenters. The molecule has 7 nitrogen and oxygen atoms in total. The molecule has 7 heteroatoms. The van der Waals surface area contributed by atoms with Crippen LogP contribution in [-0.4, -0.2) is 68.6 Å². The Labute approximate surface area is 117 Å². The third-order valence-corrected chi connectivity index (χ3v) is 3.62. The van der Waals surface area contributed by atoms with Gasteiger partial charge in [-0.15, -0.1) is 15.3 Å². The largest absolute Gasteiger partial charge is 0.392 e. The average molecular weight is 276 g/mol. The summed E-state index contributed by atoms with van der Waals surface area (Å²) < 4.78 is 1.78. The smallest absolute Gasteiger partial charge is 0.178 e. The molecular formula is C13H20N6O. The zero-order valence-corrected chi connectivity index (χ0v) is 11.9. The first-order chi connectivity index (χ1) is 9.63. The van der Waals surface area contributed by atoms with Crippen molar-refractivity contribution in [1.29, 1.82) is 0 Å². The minimum atomic E-state index is -0.268. The van der Waals surface area contributed by atoms with Crippen LogP contribution >= 0.6 is 0 Å². The highest BCUT2D eigenvalue weighted by Gasteiger charge is 2.19. The third kappa shape index (κ3) is 2.59. The Kier molecular flexibility index (Phi) is 3.54. The summed E-state index contributed by atoms with van der Waals surface area (Å²) >= 11 is 0. The Morgan fingerprint density at radius 1 is 1.20 bits per heavy atom. The fourth-order valence-electron chi connectivity index (χ4n) is 2.59. The maximum absolute atomic E-state index is 9.43. The van der Waals surface area contributed by atoms with Crippen molar-refractivity contribution in [1.82, 2.24) is 24.7 Å². The summed E-state index contributed by atoms with van der Waals surface area (Å²) in [5.74, 6) is 1.76. The predicted octanol–water partition coefficient (Wildman–Crippen LogP) is -0.0645. The summed E-state index contributed by atoms with van der Waals surface area (Å²) in [5.41, 5.74) is 0.777. The average Bonchev–Trinajstić information content (AvgIpc) is 2.80. The van der Waals surface area contributed by atoms with Crippen LogP contribution in [0.3, 0.4) is 0 Å². The van der Waals surface area contributed by atoms with Crippen LogP contribution in [0.4, 0.5) is 5.82 Å². The number of anilines is 1. The Bertz CT molecular complexity index is 588. The fourth-order valence-corrected chi connectivity index (χ4v) is 2.59. The normalized spacial score (nSPS) is 18.6. The van der Waals surface area contributed by atoms with Crippen molar-refractivity contribution in [3.05, 3.63) is 18.0 Å². The minimum Gasteiger partial charge on any atom is -0.392 e. The summed E-state index contributed by atoms with van der Waals surface area (Å²) in [6.45, 7) is 8.22. The van der Waals surface area contributed by atoms with Crippen LogP contribution < -0.4 is 4.90 Å². The molecule has 1 aliphatic rings. The molecule has 2 aromatic rings. The molecule has 1 fully saturated rings. The van der Waals surface area contributed by atoms with Gasteiger partial charge in [0, 0.05) is 32.7 Å². The molecule has 3 rings (SSSR count). The first-order valence-corrected chi connectivity index (χ1v) is 6.98. The van der Waals surface area contributed by atoms with Gasteiger partial charge in [0.1, 0.15) is 5.82 Å². The number of fused-ring (bicyclic) bond motifs is 1. The Morgan fingerprint density at radius 2 is 1.95 bits per heavy atom. The van der Waals surface area contributed by atoms with Crippen LogP contribution in [0.2, 0.25) is 0 Å². The van der Waals surface area contributed by atoms with E-state index in [9.17, 15) is 5.11 Å². The molecule has 0 radical (unpaired) electrons. The zero-order chi connectivity index (χ0) is 14.1. The van der Waals surface area contributed by atoms with Crippen molar-refractivity contribution in [2.45, 2.75) is 20.0 Å². The number of aryl methyl sites for hydroxylation is 1. The highest BCUT2D eigenvalue weighted by molar-refractivity contribution is 5.46. The van der Waals surface area contributed by atoms with E-state index in [0.29, 0.717) is 0 Å². The molecule has 20 heavy (non-hydrogen) atoms. The van der Waals surface area contributed by atoms with Gasteiger partial charge in [0.25, 0.3) is 0 Å². The summed E-state index contributed by atoms with van der Waals surface area (Å²) in [6, 6.07) is 3.94. The second-order valence-electron chi connectivity index (χ2n) is 5.35. The third-order valence-electron chi connectivity index (χ3n) is 3.62. The van der Waals surface area contributed by atoms with Crippen LogP contribution in [0.5, 0.6) is 0 Å². The number of nitrogens with zero attached hydrogens (tertiary/aromatic N) is 6. The molecule has 0 aromatic carbocycles. The van der Waals surface area contributed by atoms with Crippen LogP contribution in [0.25, 0.3) is 5.65 Å². The van der Waals surface area contributed by atoms with Crippen molar-refractivity contribution in [3.8, 4) is 0 Å². The molecule has 108 valence electrons. The number of hydrogen-bond acceptors (Lipinski definition) is 6. The summed E-state index contributed by atoms with van der Waals surface area (Å²) in [4.78, 5) is 4.54. The van der Waals surface area contributed by atoms with Gasteiger partial charge in [-0.25, -0.2) is 0 Å². The molecule has 1 saturated heterocycles. The van der Waals surface area contributed by atoms with Gasteiger partial charge >= 0.3 is 0 Å². The highest BCUT2D eigenvalue weighted by Crippen LogP contribution is 2.14. The number of aromatic nitrogens is 4. The van der Waals surface area contributed by atoms with Crippen molar-refractivity contribution in [3.63, 3.8) is 0 Å². The highest BCUT2D eigenvalue weighted by atomic mass is 16.3. The molecule has 0 bridgehead atoms. The zero-order valence-electron chi connectivity index (χ0n) is 11.9. The Balaban J connectivity index is 1.71. The molecule has 0 amide bonds. The molecule has 1 atom stereocenters. The number of aliphatic hydroxyl groups excluding tert-OH is 1. The molecule has 3 heterocycles. The van der Waals surface area contributed by atoms with E-state index in [0.717, 1.165) is 50.0 Å². The van der Waals surface area contributed by atoms with Gasteiger partial charge in [-0.1, -0.05) is 0 Å². The van der Waals surface area contributed by atoms with E-state index >= 15 is 0 Å². The fraction of sp³-hybridized carbons (Fsp3) is 0.615.